The summed E-state index contributed by atoms with van der Waals surface area (Å²) in [6, 6.07) is 14.7. The molecular formula is C16H17NO2. The lowest BCUT2D eigenvalue weighted by Gasteiger charge is -2.17. The minimum absolute atomic E-state index is 0.0506. The number of benzene rings is 2. The molecule has 2 aromatic rings. The van der Waals surface area contributed by atoms with Crippen LogP contribution < -0.4 is 4.90 Å². The van der Waals surface area contributed by atoms with Crippen molar-refractivity contribution in [3.63, 3.8) is 0 Å². The van der Waals surface area contributed by atoms with Crippen molar-refractivity contribution in [1.82, 2.24) is 0 Å². The summed E-state index contributed by atoms with van der Waals surface area (Å²) in [5.74, 6) is 0.110. The number of amides is 1. The van der Waals surface area contributed by atoms with Crippen LogP contribution in [0.25, 0.3) is 0 Å². The fourth-order valence-corrected chi connectivity index (χ4v) is 1.85. The van der Waals surface area contributed by atoms with Crippen LogP contribution in [-0.4, -0.2) is 18.1 Å². The van der Waals surface area contributed by atoms with Crippen LogP contribution in [0.4, 0.5) is 5.69 Å². The standard InChI is InChI=1S/C16H17NO2/c1-12-7-9-14(10-8-12)17(2)16(19)11-13-5-3-4-6-15(13)18/h3-10,18H,11H2,1-2H3. The maximum Gasteiger partial charge on any atom is 0.231 e. The summed E-state index contributed by atoms with van der Waals surface area (Å²) in [4.78, 5) is 13.8. The van der Waals surface area contributed by atoms with Gasteiger partial charge in [0.25, 0.3) is 0 Å². The molecular weight excluding hydrogens is 238 g/mol. The van der Waals surface area contributed by atoms with Crippen LogP contribution >= 0.6 is 0 Å². The Morgan fingerprint density at radius 2 is 1.74 bits per heavy atom. The molecule has 98 valence electrons. The molecule has 0 fully saturated rings. The summed E-state index contributed by atoms with van der Waals surface area (Å²) in [5, 5.41) is 9.68. The number of anilines is 1. The third-order valence-corrected chi connectivity index (χ3v) is 3.13. The minimum atomic E-state index is -0.0506. The van der Waals surface area contributed by atoms with E-state index in [1.54, 1.807) is 30.1 Å². The smallest absolute Gasteiger partial charge is 0.231 e. The molecule has 0 bridgehead atoms. The van der Waals surface area contributed by atoms with Crippen molar-refractivity contribution in [3.8, 4) is 5.75 Å². The molecule has 0 atom stereocenters. The monoisotopic (exact) mass is 255 g/mol. The van der Waals surface area contributed by atoms with Crippen LogP contribution in [0.5, 0.6) is 5.75 Å². The first-order chi connectivity index (χ1) is 9.08. The van der Waals surface area contributed by atoms with Crippen LogP contribution in [0.3, 0.4) is 0 Å². The lowest BCUT2D eigenvalue weighted by molar-refractivity contribution is -0.117. The van der Waals surface area contributed by atoms with E-state index in [9.17, 15) is 9.90 Å². The Morgan fingerprint density at radius 3 is 2.37 bits per heavy atom. The van der Waals surface area contributed by atoms with E-state index in [0.29, 0.717) is 5.56 Å². The molecule has 0 aliphatic rings. The Kier molecular flexibility index (Phi) is 3.85. The molecule has 0 saturated heterocycles. The first kappa shape index (κ1) is 13.1. The zero-order chi connectivity index (χ0) is 13.8. The highest BCUT2D eigenvalue weighted by Crippen LogP contribution is 2.19. The molecule has 0 heterocycles. The second-order valence-electron chi connectivity index (χ2n) is 4.59. The summed E-state index contributed by atoms with van der Waals surface area (Å²) in [6.07, 6.45) is 0.192. The van der Waals surface area contributed by atoms with Gasteiger partial charge in [-0.25, -0.2) is 0 Å². The molecule has 2 rings (SSSR count). The van der Waals surface area contributed by atoms with Crippen LogP contribution in [0.1, 0.15) is 11.1 Å². The molecule has 0 saturated carbocycles. The number of carbonyl (C=O) groups is 1. The number of carbonyl (C=O) groups excluding carboxylic acids is 1. The fourth-order valence-electron chi connectivity index (χ4n) is 1.85. The average molecular weight is 255 g/mol. The van der Waals surface area contributed by atoms with Gasteiger partial charge >= 0.3 is 0 Å². The van der Waals surface area contributed by atoms with E-state index in [2.05, 4.69) is 0 Å². The summed E-state index contributed by atoms with van der Waals surface area (Å²) < 4.78 is 0. The molecule has 0 aromatic heterocycles. The van der Waals surface area contributed by atoms with Gasteiger partial charge in [-0.15, -0.1) is 0 Å². The second-order valence-corrected chi connectivity index (χ2v) is 4.59. The van der Waals surface area contributed by atoms with E-state index in [0.717, 1.165) is 11.3 Å². The summed E-state index contributed by atoms with van der Waals surface area (Å²) >= 11 is 0. The second kappa shape index (κ2) is 5.57. The largest absolute Gasteiger partial charge is 0.508 e. The molecule has 19 heavy (non-hydrogen) atoms. The van der Waals surface area contributed by atoms with E-state index in [-0.39, 0.29) is 18.1 Å². The van der Waals surface area contributed by atoms with E-state index < -0.39 is 0 Å². The fraction of sp³-hybridized carbons (Fsp3) is 0.188. The lowest BCUT2D eigenvalue weighted by atomic mass is 10.1. The summed E-state index contributed by atoms with van der Waals surface area (Å²) in [6.45, 7) is 2.01. The SMILES string of the molecule is Cc1ccc(N(C)C(=O)Cc2ccccc2O)cc1. The van der Waals surface area contributed by atoms with Gasteiger partial charge in [0.2, 0.25) is 5.91 Å². The van der Waals surface area contributed by atoms with Crippen molar-refractivity contribution in [2.75, 3.05) is 11.9 Å². The highest BCUT2D eigenvalue weighted by molar-refractivity contribution is 5.94. The topological polar surface area (TPSA) is 40.5 Å². The van der Waals surface area contributed by atoms with Crippen molar-refractivity contribution in [1.29, 1.82) is 0 Å². The van der Waals surface area contributed by atoms with Gasteiger partial charge in [-0.3, -0.25) is 4.79 Å². The number of nitrogens with zero attached hydrogens (tertiary/aromatic N) is 1. The van der Waals surface area contributed by atoms with Gasteiger partial charge < -0.3 is 10.0 Å². The molecule has 1 N–H and O–H groups in total. The van der Waals surface area contributed by atoms with Gasteiger partial charge in [0.15, 0.2) is 0 Å². The van der Waals surface area contributed by atoms with Gasteiger partial charge in [0.05, 0.1) is 6.42 Å². The number of hydrogen-bond acceptors (Lipinski definition) is 2. The number of aromatic hydroxyl groups is 1. The normalized spacial score (nSPS) is 10.2. The Balaban J connectivity index is 2.12. The number of para-hydroxylation sites is 1. The number of rotatable bonds is 3. The summed E-state index contributed by atoms with van der Waals surface area (Å²) in [5.41, 5.74) is 2.66. The molecule has 0 aliphatic heterocycles. The molecule has 0 aliphatic carbocycles. The maximum absolute atomic E-state index is 12.2. The third-order valence-electron chi connectivity index (χ3n) is 3.13. The van der Waals surface area contributed by atoms with Crippen LogP contribution in [0.2, 0.25) is 0 Å². The van der Waals surface area contributed by atoms with Crippen LogP contribution in [-0.2, 0) is 11.2 Å². The first-order valence-corrected chi connectivity index (χ1v) is 6.18. The molecule has 3 heteroatoms. The number of hydrogen-bond donors (Lipinski definition) is 1. The zero-order valence-electron chi connectivity index (χ0n) is 11.1. The van der Waals surface area contributed by atoms with Gasteiger partial charge in [-0.2, -0.15) is 0 Å². The average Bonchev–Trinajstić information content (AvgIpc) is 2.41. The van der Waals surface area contributed by atoms with Crippen molar-refractivity contribution in [2.24, 2.45) is 0 Å². The summed E-state index contributed by atoms with van der Waals surface area (Å²) in [7, 11) is 1.74. The van der Waals surface area contributed by atoms with Crippen LogP contribution in [0.15, 0.2) is 48.5 Å². The molecule has 0 radical (unpaired) electrons. The first-order valence-electron chi connectivity index (χ1n) is 6.18. The highest BCUT2D eigenvalue weighted by atomic mass is 16.3. The number of aryl methyl sites for hydroxylation is 1. The molecule has 3 nitrogen and oxygen atoms in total. The Morgan fingerprint density at radius 1 is 1.11 bits per heavy atom. The van der Waals surface area contributed by atoms with Gasteiger partial charge in [-0.1, -0.05) is 35.9 Å². The van der Waals surface area contributed by atoms with E-state index in [1.807, 2.05) is 37.3 Å². The molecule has 1 amide bonds. The van der Waals surface area contributed by atoms with Crippen molar-refractivity contribution in [3.05, 3.63) is 59.7 Å². The number of phenolic OH excluding ortho intramolecular Hbond substituents is 1. The maximum atomic E-state index is 12.2. The van der Waals surface area contributed by atoms with Crippen molar-refractivity contribution in [2.45, 2.75) is 13.3 Å². The molecule has 2 aromatic carbocycles. The highest BCUT2D eigenvalue weighted by Gasteiger charge is 2.13. The third kappa shape index (κ3) is 3.13. The molecule has 0 spiro atoms. The predicted octanol–water partition coefficient (Wildman–Crippen LogP) is 2.91. The van der Waals surface area contributed by atoms with Crippen molar-refractivity contribution < 1.29 is 9.90 Å². The Hall–Kier alpha value is -2.29. The van der Waals surface area contributed by atoms with Gasteiger partial charge in [-0.05, 0) is 25.1 Å². The Bertz CT molecular complexity index is 576. The predicted molar refractivity (Wildman–Crippen MR) is 76.4 cm³/mol. The van der Waals surface area contributed by atoms with E-state index >= 15 is 0 Å². The van der Waals surface area contributed by atoms with Crippen molar-refractivity contribution >= 4 is 11.6 Å². The molecule has 0 unspecified atom stereocenters. The quantitative estimate of drug-likeness (QED) is 0.916. The van der Waals surface area contributed by atoms with E-state index in [1.165, 1.54) is 0 Å². The van der Waals surface area contributed by atoms with Crippen LogP contribution in [0, 0.1) is 6.92 Å². The minimum Gasteiger partial charge on any atom is -0.508 e. The number of likely N-dealkylation sites (N-methyl/N-ethyl adjacent to an activating group) is 1. The van der Waals surface area contributed by atoms with Gasteiger partial charge in [0.1, 0.15) is 5.75 Å². The van der Waals surface area contributed by atoms with Gasteiger partial charge in [0, 0.05) is 18.3 Å². The van der Waals surface area contributed by atoms with E-state index in [4.69, 9.17) is 0 Å². The lowest BCUT2D eigenvalue weighted by Crippen LogP contribution is -2.27. The number of phenols is 1. The zero-order valence-corrected chi connectivity index (χ0v) is 11.1. The Labute approximate surface area is 113 Å².